The van der Waals surface area contributed by atoms with Crippen LogP contribution in [0.25, 0.3) is 0 Å². The minimum Gasteiger partial charge on any atom is -0.481 e. The molecule has 1 aromatic heterocycles. The lowest BCUT2D eigenvalue weighted by Crippen LogP contribution is -2.02. The van der Waals surface area contributed by atoms with E-state index in [9.17, 15) is 9.59 Å². The van der Waals surface area contributed by atoms with Crippen molar-refractivity contribution >= 4 is 11.8 Å². The van der Waals surface area contributed by atoms with E-state index in [1.807, 2.05) is 0 Å². The van der Waals surface area contributed by atoms with Gasteiger partial charge >= 0.3 is 5.97 Å². The van der Waals surface area contributed by atoms with E-state index in [-0.39, 0.29) is 24.4 Å². The number of carbonyl (C=O) groups excluding carboxylic acids is 1. The van der Waals surface area contributed by atoms with Crippen molar-refractivity contribution in [3.05, 3.63) is 18.4 Å². The molecule has 12 heavy (non-hydrogen) atoms. The first-order chi connectivity index (χ1) is 5.70. The zero-order chi connectivity index (χ0) is 8.97. The maximum atomic E-state index is 11.0. The second-order valence-electron chi connectivity index (χ2n) is 2.18. The molecule has 0 aromatic carbocycles. The topological polar surface area (TPSA) is 80.4 Å². The number of oxazole rings is 1. The lowest BCUT2D eigenvalue weighted by atomic mass is 10.2. The average molecular weight is 169 g/mol. The van der Waals surface area contributed by atoms with Gasteiger partial charge in [0.1, 0.15) is 0 Å². The Balaban J connectivity index is 2.45. The highest BCUT2D eigenvalue weighted by atomic mass is 16.4. The standard InChI is InChI=1S/C7H7NO4/c9-5(1-2-7(10)11)6-3-8-4-12-6/h3-4H,1-2H2,(H,10,11). The monoisotopic (exact) mass is 169 g/mol. The van der Waals surface area contributed by atoms with Gasteiger partial charge in [0.25, 0.3) is 0 Å². The Kier molecular flexibility index (Phi) is 2.57. The van der Waals surface area contributed by atoms with E-state index in [0.717, 1.165) is 6.39 Å². The van der Waals surface area contributed by atoms with Gasteiger partial charge in [-0.1, -0.05) is 0 Å². The summed E-state index contributed by atoms with van der Waals surface area (Å²) in [6.45, 7) is 0. The van der Waals surface area contributed by atoms with Crippen LogP contribution in [-0.2, 0) is 4.79 Å². The molecular weight excluding hydrogens is 162 g/mol. The van der Waals surface area contributed by atoms with E-state index in [2.05, 4.69) is 9.40 Å². The molecule has 0 amide bonds. The third-order valence-electron chi connectivity index (χ3n) is 1.27. The Morgan fingerprint density at radius 1 is 1.50 bits per heavy atom. The molecule has 1 aromatic rings. The Labute approximate surface area is 68.0 Å². The lowest BCUT2D eigenvalue weighted by Gasteiger charge is -1.91. The zero-order valence-electron chi connectivity index (χ0n) is 6.19. The normalized spacial score (nSPS) is 9.67. The molecule has 1 heterocycles. The van der Waals surface area contributed by atoms with Crippen LogP contribution >= 0.6 is 0 Å². The van der Waals surface area contributed by atoms with Crippen molar-refractivity contribution in [2.75, 3.05) is 0 Å². The third-order valence-corrected chi connectivity index (χ3v) is 1.27. The maximum absolute atomic E-state index is 11.0. The van der Waals surface area contributed by atoms with Crippen LogP contribution < -0.4 is 0 Å². The maximum Gasteiger partial charge on any atom is 0.303 e. The van der Waals surface area contributed by atoms with E-state index in [0.29, 0.717) is 0 Å². The molecular formula is C7H7NO4. The number of carboxylic acids is 1. The second kappa shape index (κ2) is 3.66. The van der Waals surface area contributed by atoms with Gasteiger partial charge < -0.3 is 9.52 Å². The number of aliphatic carboxylic acids is 1. The molecule has 0 aliphatic rings. The molecule has 1 N–H and O–H groups in total. The number of aromatic nitrogens is 1. The molecule has 5 heteroatoms. The van der Waals surface area contributed by atoms with Crippen molar-refractivity contribution in [2.45, 2.75) is 12.8 Å². The van der Waals surface area contributed by atoms with Gasteiger partial charge in [-0.2, -0.15) is 0 Å². The molecule has 64 valence electrons. The van der Waals surface area contributed by atoms with Crippen LogP contribution in [0.2, 0.25) is 0 Å². The molecule has 0 atom stereocenters. The number of ketones is 1. The summed E-state index contributed by atoms with van der Waals surface area (Å²) >= 11 is 0. The summed E-state index contributed by atoms with van der Waals surface area (Å²) in [4.78, 5) is 24.6. The molecule has 0 bridgehead atoms. The van der Waals surface area contributed by atoms with Crippen molar-refractivity contribution < 1.29 is 19.1 Å². The minimum atomic E-state index is -0.997. The van der Waals surface area contributed by atoms with Crippen LogP contribution in [0.1, 0.15) is 23.4 Å². The molecule has 1 rings (SSSR count). The predicted molar refractivity (Wildman–Crippen MR) is 37.7 cm³/mol. The summed E-state index contributed by atoms with van der Waals surface area (Å²) in [6.07, 6.45) is 2.17. The van der Waals surface area contributed by atoms with E-state index in [1.54, 1.807) is 0 Å². The smallest absolute Gasteiger partial charge is 0.303 e. The van der Waals surface area contributed by atoms with Crippen molar-refractivity contribution in [3.8, 4) is 0 Å². The molecule has 0 spiro atoms. The Bertz CT molecular complexity index is 278. The van der Waals surface area contributed by atoms with Gasteiger partial charge in [-0.15, -0.1) is 0 Å². The summed E-state index contributed by atoms with van der Waals surface area (Å²) in [6, 6.07) is 0. The summed E-state index contributed by atoms with van der Waals surface area (Å²) in [7, 11) is 0. The first-order valence-corrected chi connectivity index (χ1v) is 3.33. The molecule has 0 saturated heterocycles. The van der Waals surface area contributed by atoms with E-state index >= 15 is 0 Å². The molecule has 0 radical (unpaired) electrons. The van der Waals surface area contributed by atoms with Crippen LogP contribution in [0, 0.1) is 0 Å². The van der Waals surface area contributed by atoms with Gasteiger partial charge in [-0.25, -0.2) is 4.98 Å². The minimum absolute atomic E-state index is 0.0511. The lowest BCUT2D eigenvalue weighted by molar-refractivity contribution is -0.136. The fourth-order valence-electron chi connectivity index (χ4n) is 0.697. The number of carbonyl (C=O) groups is 2. The predicted octanol–water partition coefficient (Wildman–Crippen LogP) is 0.722. The number of nitrogens with zero attached hydrogens (tertiary/aromatic N) is 1. The van der Waals surface area contributed by atoms with Crippen molar-refractivity contribution in [3.63, 3.8) is 0 Å². The van der Waals surface area contributed by atoms with E-state index in [4.69, 9.17) is 5.11 Å². The van der Waals surface area contributed by atoms with Crippen molar-refractivity contribution in [2.24, 2.45) is 0 Å². The fourth-order valence-corrected chi connectivity index (χ4v) is 0.697. The van der Waals surface area contributed by atoms with Crippen LogP contribution in [-0.4, -0.2) is 21.8 Å². The van der Waals surface area contributed by atoms with Gasteiger partial charge in [-0.3, -0.25) is 9.59 Å². The average Bonchev–Trinajstić information content (AvgIpc) is 2.51. The summed E-state index contributed by atoms with van der Waals surface area (Å²) in [5.41, 5.74) is 0. The first kappa shape index (κ1) is 8.45. The molecule has 0 saturated carbocycles. The zero-order valence-corrected chi connectivity index (χ0v) is 6.19. The van der Waals surface area contributed by atoms with Gasteiger partial charge in [0.15, 0.2) is 17.9 Å². The van der Waals surface area contributed by atoms with Gasteiger partial charge in [0, 0.05) is 6.42 Å². The number of Topliss-reactive ketones (excluding diaryl/α,β-unsaturated/α-hetero) is 1. The highest BCUT2D eigenvalue weighted by molar-refractivity contribution is 5.94. The Morgan fingerprint density at radius 2 is 2.25 bits per heavy atom. The summed E-state index contributed by atoms with van der Waals surface area (Å²) < 4.78 is 4.67. The third kappa shape index (κ3) is 2.19. The van der Waals surface area contributed by atoms with E-state index in [1.165, 1.54) is 6.20 Å². The Morgan fingerprint density at radius 3 is 2.75 bits per heavy atom. The highest BCUT2D eigenvalue weighted by Gasteiger charge is 2.10. The number of hydrogen-bond donors (Lipinski definition) is 1. The molecule has 0 fully saturated rings. The highest BCUT2D eigenvalue weighted by Crippen LogP contribution is 2.03. The largest absolute Gasteiger partial charge is 0.481 e. The number of carboxylic acid groups (broad SMARTS) is 1. The number of hydrogen-bond acceptors (Lipinski definition) is 4. The SMILES string of the molecule is O=C(O)CCC(=O)c1cnco1. The Hall–Kier alpha value is -1.65. The van der Waals surface area contributed by atoms with Crippen LogP contribution in [0.5, 0.6) is 0 Å². The second-order valence-corrected chi connectivity index (χ2v) is 2.18. The molecule has 0 unspecified atom stereocenters. The number of rotatable bonds is 4. The first-order valence-electron chi connectivity index (χ1n) is 3.33. The van der Waals surface area contributed by atoms with E-state index < -0.39 is 5.97 Å². The summed E-state index contributed by atoms with van der Waals surface area (Å²) in [5.74, 6) is -1.23. The van der Waals surface area contributed by atoms with Gasteiger partial charge in [0.2, 0.25) is 0 Å². The molecule has 0 aliphatic carbocycles. The van der Waals surface area contributed by atoms with Crippen molar-refractivity contribution in [1.82, 2.24) is 4.98 Å². The van der Waals surface area contributed by atoms with Crippen LogP contribution in [0.15, 0.2) is 17.0 Å². The van der Waals surface area contributed by atoms with Crippen LogP contribution in [0.4, 0.5) is 0 Å². The van der Waals surface area contributed by atoms with Crippen molar-refractivity contribution in [1.29, 1.82) is 0 Å². The fraction of sp³-hybridized carbons (Fsp3) is 0.286. The molecule has 5 nitrogen and oxygen atoms in total. The molecule has 0 aliphatic heterocycles. The quantitative estimate of drug-likeness (QED) is 0.671. The summed E-state index contributed by atoms with van der Waals surface area (Å²) in [5, 5.41) is 8.26. The van der Waals surface area contributed by atoms with Gasteiger partial charge in [-0.05, 0) is 0 Å². The van der Waals surface area contributed by atoms with Crippen LogP contribution in [0.3, 0.4) is 0 Å². The van der Waals surface area contributed by atoms with Gasteiger partial charge in [0.05, 0.1) is 12.6 Å².